The van der Waals surface area contributed by atoms with E-state index in [4.69, 9.17) is 5.11 Å². The summed E-state index contributed by atoms with van der Waals surface area (Å²) in [4.78, 5) is 10.3. The Morgan fingerprint density at radius 1 is 1.62 bits per heavy atom. The highest BCUT2D eigenvalue weighted by Gasteiger charge is 2.21. The molecule has 0 spiro atoms. The minimum Gasteiger partial charge on any atom is -0.504 e. The maximum Gasteiger partial charge on any atom is 0.236 e. The fourth-order valence-electron chi connectivity index (χ4n) is 0.673. The number of furan rings is 1. The van der Waals surface area contributed by atoms with Crippen LogP contribution >= 0.6 is 0 Å². The van der Waals surface area contributed by atoms with Gasteiger partial charge in [-0.05, 0) is 0 Å². The average molecular weight is 110 g/mol. The highest BCUT2D eigenvalue weighted by Crippen LogP contribution is 2.27. The lowest BCUT2D eigenvalue weighted by atomic mass is 10.6. The molecule has 0 unspecified atom stereocenters. The zero-order valence-electron chi connectivity index (χ0n) is 3.84. The Morgan fingerprint density at radius 2 is 2.38 bits per heavy atom. The molecule has 2 aromatic rings. The van der Waals surface area contributed by atoms with E-state index in [0.717, 1.165) is 6.26 Å². The first-order valence-electron chi connectivity index (χ1n) is 2.16. The summed E-state index contributed by atoms with van der Waals surface area (Å²) >= 11 is 0. The van der Waals surface area contributed by atoms with Gasteiger partial charge in [-0.15, -0.1) is 0 Å². The molecular formula is C5H2O3. The quantitative estimate of drug-likeness (QED) is 0.533. The summed E-state index contributed by atoms with van der Waals surface area (Å²) in [5.41, 5.74) is 0.146. The normalized spacial score (nSPS) is 11.5. The molecule has 1 heterocycles. The molecule has 3 heteroatoms. The minimum absolute atomic E-state index is 0.0370. The molecule has 0 aliphatic rings. The van der Waals surface area contributed by atoms with Crippen molar-refractivity contribution in [3.8, 4) is 5.75 Å². The summed E-state index contributed by atoms with van der Waals surface area (Å²) in [5.74, 6) is -0.0370. The van der Waals surface area contributed by atoms with Crippen molar-refractivity contribution in [1.82, 2.24) is 0 Å². The van der Waals surface area contributed by atoms with Crippen LogP contribution in [0.4, 0.5) is 0 Å². The maximum atomic E-state index is 10.3. The van der Waals surface area contributed by atoms with Gasteiger partial charge in [0.25, 0.3) is 0 Å². The largest absolute Gasteiger partial charge is 0.504 e. The van der Waals surface area contributed by atoms with Crippen molar-refractivity contribution in [2.75, 3.05) is 0 Å². The van der Waals surface area contributed by atoms with Crippen LogP contribution in [0.5, 0.6) is 5.75 Å². The third-order valence-electron chi connectivity index (χ3n) is 1.14. The lowest BCUT2D eigenvalue weighted by molar-refractivity contribution is 0.462. The Morgan fingerprint density at radius 3 is 2.62 bits per heavy atom. The van der Waals surface area contributed by atoms with Crippen LogP contribution in [0.3, 0.4) is 0 Å². The third-order valence-corrected chi connectivity index (χ3v) is 1.14. The summed E-state index contributed by atoms with van der Waals surface area (Å²) < 4.78 is 4.57. The van der Waals surface area contributed by atoms with Crippen LogP contribution in [0.2, 0.25) is 0 Å². The zero-order chi connectivity index (χ0) is 5.72. The molecule has 0 radical (unpaired) electrons. The van der Waals surface area contributed by atoms with Gasteiger partial charge in [0.05, 0.1) is 0 Å². The van der Waals surface area contributed by atoms with E-state index in [2.05, 4.69) is 4.42 Å². The molecule has 0 saturated heterocycles. The van der Waals surface area contributed by atoms with Gasteiger partial charge in [0.15, 0.2) is 11.3 Å². The molecule has 1 aromatic heterocycles. The number of hydrogen-bond donors (Lipinski definition) is 1. The molecule has 0 saturated carbocycles. The second kappa shape index (κ2) is 0.798. The van der Waals surface area contributed by atoms with Gasteiger partial charge in [0.2, 0.25) is 5.43 Å². The Kier molecular flexibility index (Phi) is 0.371. The number of aromatic hydroxyl groups is 1. The molecule has 0 aliphatic heterocycles. The third kappa shape index (κ3) is 0.212. The van der Waals surface area contributed by atoms with Crippen molar-refractivity contribution in [2.24, 2.45) is 0 Å². The van der Waals surface area contributed by atoms with Crippen LogP contribution in [-0.2, 0) is 0 Å². The fourth-order valence-corrected chi connectivity index (χ4v) is 0.673. The molecule has 1 aromatic carbocycles. The van der Waals surface area contributed by atoms with E-state index in [-0.39, 0.29) is 11.2 Å². The van der Waals surface area contributed by atoms with Crippen LogP contribution in [-0.4, -0.2) is 5.11 Å². The maximum absolute atomic E-state index is 10.3. The molecular weight excluding hydrogens is 108 g/mol. The Balaban J connectivity index is 3.04. The number of fused-ring (bicyclic) bond motifs is 1. The van der Waals surface area contributed by atoms with E-state index >= 15 is 0 Å². The summed E-state index contributed by atoms with van der Waals surface area (Å²) in [5, 5.41) is 9.02. The second-order valence-electron chi connectivity index (χ2n) is 1.65. The van der Waals surface area contributed by atoms with E-state index < -0.39 is 0 Å². The summed E-state index contributed by atoms with van der Waals surface area (Å²) in [6.07, 6.45) is 1.16. The Bertz CT molecular complexity index is 334. The van der Waals surface area contributed by atoms with Crippen molar-refractivity contribution in [3.63, 3.8) is 0 Å². The monoisotopic (exact) mass is 110 g/mol. The van der Waals surface area contributed by atoms with Crippen molar-refractivity contribution in [1.29, 1.82) is 0 Å². The first-order valence-corrected chi connectivity index (χ1v) is 2.16. The minimum atomic E-state index is -0.162. The molecule has 3 nitrogen and oxygen atoms in total. The molecule has 8 heavy (non-hydrogen) atoms. The first kappa shape index (κ1) is 3.72. The van der Waals surface area contributed by atoms with Crippen molar-refractivity contribution in [2.45, 2.75) is 0 Å². The van der Waals surface area contributed by atoms with E-state index in [1.165, 1.54) is 0 Å². The van der Waals surface area contributed by atoms with E-state index in [1.807, 2.05) is 0 Å². The standard InChI is InChI=1S/C5H2O3/c6-2-1-8-5-3(2)4(5)7/h1,6H. The van der Waals surface area contributed by atoms with Crippen molar-refractivity contribution >= 4 is 11.0 Å². The van der Waals surface area contributed by atoms with Gasteiger partial charge in [0, 0.05) is 0 Å². The van der Waals surface area contributed by atoms with Gasteiger partial charge in [-0.1, -0.05) is 0 Å². The summed E-state index contributed by atoms with van der Waals surface area (Å²) in [7, 11) is 0. The molecule has 2 rings (SSSR count). The topological polar surface area (TPSA) is 50.4 Å². The molecule has 1 N–H and O–H groups in total. The van der Waals surface area contributed by atoms with Crippen LogP contribution in [0.15, 0.2) is 15.5 Å². The summed E-state index contributed by atoms with van der Waals surface area (Å²) in [6.45, 7) is 0. The molecule has 0 bridgehead atoms. The highest BCUT2D eigenvalue weighted by atomic mass is 16.4. The van der Waals surface area contributed by atoms with E-state index in [1.54, 1.807) is 0 Å². The van der Waals surface area contributed by atoms with Crippen molar-refractivity contribution in [3.05, 3.63) is 16.5 Å². The molecule has 0 aliphatic carbocycles. The smallest absolute Gasteiger partial charge is 0.236 e. The molecule has 0 amide bonds. The van der Waals surface area contributed by atoms with Gasteiger partial charge in [-0.25, -0.2) is 0 Å². The fraction of sp³-hybridized carbons (Fsp3) is 0. The van der Waals surface area contributed by atoms with Gasteiger partial charge in [-0.2, -0.15) is 0 Å². The highest BCUT2D eigenvalue weighted by molar-refractivity contribution is 5.97. The lowest BCUT2D eigenvalue weighted by Crippen LogP contribution is -1.71. The van der Waals surface area contributed by atoms with Crippen LogP contribution < -0.4 is 5.43 Å². The molecule has 0 fully saturated rings. The second-order valence-corrected chi connectivity index (χ2v) is 1.65. The van der Waals surface area contributed by atoms with Crippen LogP contribution in [0.25, 0.3) is 11.0 Å². The van der Waals surface area contributed by atoms with Gasteiger partial charge >= 0.3 is 0 Å². The van der Waals surface area contributed by atoms with Gasteiger partial charge in [-0.3, -0.25) is 4.79 Å². The molecule has 0 atom stereocenters. The lowest BCUT2D eigenvalue weighted by Gasteiger charge is -1.69. The number of rotatable bonds is 0. The summed E-state index contributed by atoms with van der Waals surface area (Å²) in [6, 6.07) is 0. The van der Waals surface area contributed by atoms with E-state index in [0.29, 0.717) is 11.0 Å². The Hall–Kier alpha value is -1.25. The SMILES string of the molecule is O=c1c2occ(O)c12. The average Bonchev–Trinajstić information content (AvgIpc) is 2.13. The van der Waals surface area contributed by atoms with Crippen LogP contribution in [0.1, 0.15) is 0 Å². The van der Waals surface area contributed by atoms with Gasteiger partial charge in [0.1, 0.15) is 11.6 Å². The molecule has 40 valence electrons. The van der Waals surface area contributed by atoms with Gasteiger partial charge < -0.3 is 9.52 Å². The Labute approximate surface area is 43.8 Å². The number of hydrogen-bond acceptors (Lipinski definition) is 3. The first-order chi connectivity index (χ1) is 3.80. The predicted octanol–water partition coefficient (Wildman–Crippen LogP) is 0.374. The van der Waals surface area contributed by atoms with Crippen molar-refractivity contribution < 1.29 is 9.52 Å². The van der Waals surface area contributed by atoms with E-state index in [9.17, 15) is 4.79 Å². The zero-order valence-corrected chi connectivity index (χ0v) is 3.84. The van der Waals surface area contributed by atoms with Crippen LogP contribution in [0, 0.1) is 0 Å². The predicted molar refractivity (Wildman–Crippen MR) is 26.5 cm³/mol.